The van der Waals surface area contributed by atoms with Crippen molar-refractivity contribution in [1.82, 2.24) is 13.5 Å². The van der Waals surface area contributed by atoms with Gasteiger partial charge in [-0.2, -0.15) is 17.0 Å². The Bertz CT molecular complexity index is 815. The molecule has 2 heterocycles. The minimum absolute atomic E-state index is 0.107. The maximum Gasteiger partial charge on any atom is 0.281 e. The number of piperidine rings is 1. The summed E-state index contributed by atoms with van der Waals surface area (Å²) in [6.45, 7) is 1.20. The van der Waals surface area contributed by atoms with Crippen molar-refractivity contribution in [3.8, 4) is 0 Å². The predicted molar refractivity (Wildman–Crippen MR) is 92.2 cm³/mol. The van der Waals surface area contributed by atoms with Gasteiger partial charge < -0.3 is 4.90 Å². The summed E-state index contributed by atoms with van der Waals surface area (Å²) in [4.78, 5) is 14.7. The normalized spacial score (nSPS) is 24.8. The molecule has 144 valence electrons. The molecule has 9 heteroatoms. The van der Waals surface area contributed by atoms with Crippen LogP contribution in [0.1, 0.15) is 24.8 Å². The van der Waals surface area contributed by atoms with E-state index in [2.05, 4.69) is 0 Å². The van der Waals surface area contributed by atoms with Gasteiger partial charge in [0.25, 0.3) is 10.2 Å². The van der Waals surface area contributed by atoms with E-state index in [4.69, 9.17) is 0 Å². The van der Waals surface area contributed by atoms with Gasteiger partial charge in [-0.15, -0.1) is 0 Å². The molecule has 2 saturated heterocycles. The molecule has 1 aromatic rings. The van der Waals surface area contributed by atoms with Crippen molar-refractivity contribution in [2.75, 3.05) is 33.7 Å². The van der Waals surface area contributed by atoms with Crippen LogP contribution in [0.2, 0.25) is 0 Å². The zero-order chi connectivity index (χ0) is 19.1. The van der Waals surface area contributed by atoms with E-state index < -0.39 is 27.3 Å². The molecule has 3 rings (SSSR count). The van der Waals surface area contributed by atoms with E-state index >= 15 is 0 Å². The molecule has 2 aliphatic heterocycles. The van der Waals surface area contributed by atoms with Gasteiger partial charge in [0.2, 0.25) is 5.91 Å². The van der Waals surface area contributed by atoms with Gasteiger partial charge in [0.15, 0.2) is 11.6 Å². The summed E-state index contributed by atoms with van der Waals surface area (Å²) in [7, 11) is -0.616. The lowest BCUT2D eigenvalue weighted by Gasteiger charge is -2.39. The third-order valence-electron chi connectivity index (χ3n) is 5.29. The summed E-state index contributed by atoms with van der Waals surface area (Å²) < 4.78 is 53.7. The Labute approximate surface area is 152 Å². The highest BCUT2D eigenvalue weighted by Gasteiger charge is 2.51. The Balaban J connectivity index is 1.77. The van der Waals surface area contributed by atoms with Gasteiger partial charge in [0.1, 0.15) is 0 Å². The van der Waals surface area contributed by atoms with E-state index in [-0.39, 0.29) is 19.0 Å². The zero-order valence-electron chi connectivity index (χ0n) is 14.9. The molecular weight excluding hydrogens is 364 g/mol. The van der Waals surface area contributed by atoms with Crippen molar-refractivity contribution in [2.24, 2.45) is 5.41 Å². The highest BCUT2D eigenvalue weighted by Crippen LogP contribution is 2.41. The van der Waals surface area contributed by atoms with Crippen molar-refractivity contribution in [2.45, 2.75) is 25.8 Å². The first kappa shape index (κ1) is 19.2. The fourth-order valence-corrected chi connectivity index (χ4v) is 5.00. The number of hydrogen-bond donors (Lipinski definition) is 0. The topological polar surface area (TPSA) is 60.9 Å². The van der Waals surface area contributed by atoms with E-state index in [1.807, 2.05) is 0 Å². The molecule has 1 spiro atoms. The summed E-state index contributed by atoms with van der Waals surface area (Å²) in [6.07, 6.45) is 1.87. The number of benzene rings is 1. The molecule has 0 saturated carbocycles. The number of likely N-dealkylation sites (tertiary alicyclic amines) is 1. The van der Waals surface area contributed by atoms with Crippen LogP contribution >= 0.6 is 0 Å². The number of hydrogen-bond acceptors (Lipinski definition) is 3. The number of carbonyl (C=O) groups is 1. The Morgan fingerprint density at radius 1 is 1.15 bits per heavy atom. The molecular formula is C17H23F2N3O3S. The van der Waals surface area contributed by atoms with Crippen molar-refractivity contribution in [3.63, 3.8) is 0 Å². The molecule has 0 aromatic heterocycles. The van der Waals surface area contributed by atoms with Crippen molar-refractivity contribution < 1.29 is 22.0 Å². The molecule has 0 N–H and O–H groups in total. The van der Waals surface area contributed by atoms with Crippen molar-refractivity contribution in [1.29, 1.82) is 0 Å². The smallest absolute Gasteiger partial charge is 0.281 e. The second-order valence-corrected chi connectivity index (χ2v) is 9.38. The van der Waals surface area contributed by atoms with Crippen LogP contribution in [0, 0.1) is 17.0 Å². The van der Waals surface area contributed by atoms with E-state index in [0.29, 0.717) is 31.5 Å². The number of amides is 1. The quantitative estimate of drug-likeness (QED) is 0.788. The number of nitrogens with zero attached hydrogens (tertiary/aromatic N) is 3. The summed E-state index contributed by atoms with van der Waals surface area (Å²) >= 11 is 0. The van der Waals surface area contributed by atoms with Gasteiger partial charge >= 0.3 is 0 Å². The van der Waals surface area contributed by atoms with Gasteiger partial charge in [-0.05, 0) is 37.0 Å². The molecule has 0 radical (unpaired) electrons. The van der Waals surface area contributed by atoms with Gasteiger partial charge in [-0.25, -0.2) is 8.78 Å². The molecule has 2 fully saturated rings. The molecule has 2 aliphatic rings. The maximum absolute atomic E-state index is 13.4. The molecule has 1 atom stereocenters. The Morgan fingerprint density at radius 2 is 1.88 bits per heavy atom. The molecule has 26 heavy (non-hydrogen) atoms. The lowest BCUT2D eigenvalue weighted by Crippen LogP contribution is -2.50. The van der Waals surface area contributed by atoms with Crippen LogP contribution in [-0.4, -0.2) is 61.6 Å². The maximum atomic E-state index is 13.4. The largest absolute Gasteiger partial charge is 0.338 e. The van der Waals surface area contributed by atoms with Crippen LogP contribution < -0.4 is 0 Å². The minimum Gasteiger partial charge on any atom is -0.338 e. The second-order valence-electron chi connectivity index (χ2n) is 7.23. The SMILES string of the molecule is CN(C)S(=O)(=O)N1CC[C@@]2(CCCN(Cc3ccc(F)c(F)c3)C2=O)C1. The Morgan fingerprint density at radius 3 is 2.54 bits per heavy atom. The summed E-state index contributed by atoms with van der Waals surface area (Å²) in [5.41, 5.74) is -0.204. The first-order valence-corrected chi connectivity index (χ1v) is 9.96. The Kier molecular flexibility index (Phi) is 5.06. The van der Waals surface area contributed by atoms with E-state index in [9.17, 15) is 22.0 Å². The molecule has 1 amide bonds. The number of rotatable bonds is 4. The van der Waals surface area contributed by atoms with Crippen LogP contribution in [0.5, 0.6) is 0 Å². The summed E-state index contributed by atoms with van der Waals surface area (Å²) in [5.74, 6) is -1.97. The summed E-state index contributed by atoms with van der Waals surface area (Å²) in [5, 5.41) is 0. The number of halogens is 2. The zero-order valence-corrected chi connectivity index (χ0v) is 15.7. The van der Waals surface area contributed by atoms with Gasteiger partial charge in [0, 0.05) is 40.3 Å². The van der Waals surface area contributed by atoms with Crippen LogP contribution in [-0.2, 0) is 21.5 Å². The number of carbonyl (C=O) groups excluding carboxylic acids is 1. The lowest BCUT2D eigenvalue weighted by molar-refractivity contribution is -0.146. The predicted octanol–water partition coefficient (Wildman–Crippen LogP) is 1.59. The first-order chi connectivity index (χ1) is 12.2. The fourth-order valence-electron chi connectivity index (χ4n) is 3.80. The van der Waals surface area contributed by atoms with Crippen LogP contribution in [0.25, 0.3) is 0 Å². The van der Waals surface area contributed by atoms with Crippen LogP contribution in [0.3, 0.4) is 0 Å². The van der Waals surface area contributed by atoms with E-state index in [1.54, 1.807) is 4.90 Å². The van der Waals surface area contributed by atoms with E-state index in [1.165, 1.54) is 24.5 Å². The Hall–Kier alpha value is -1.58. The molecule has 0 aliphatic carbocycles. The minimum atomic E-state index is -3.56. The summed E-state index contributed by atoms with van der Waals surface area (Å²) in [6, 6.07) is 3.61. The molecule has 1 aromatic carbocycles. The van der Waals surface area contributed by atoms with Gasteiger partial charge in [-0.1, -0.05) is 6.07 Å². The average molecular weight is 387 g/mol. The monoisotopic (exact) mass is 387 g/mol. The fraction of sp³-hybridized carbons (Fsp3) is 0.588. The standard InChI is InChI=1S/C17H23F2N3O3S/c1-20(2)26(24,25)22-9-7-17(12-22)6-3-8-21(16(17)23)11-13-4-5-14(18)15(19)10-13/h4-5,10H,3,6-9,11-12H2,1-2H3/t17-/m0/s1. The van der Waals surface area contributed by atoms with Crippen LogP contribution in [0.4, 0.5) is 8.78 Å². The highest BCUT2D eigenvalue weighted by molar-refractivity contribution is 7.86. The first-order valence-electron chi connectivity index (χ1n) is 8.57. The molecule has 0 bridgehead atoms. The van der Waals surface area contributed by atoms with Crippen LogP contribution in [0.15, 0.2) is 18.2 Å². The van der Waals surface area contributed by atoms with Gasteiger partial charge in [-0.3, -0.25) is 4.79 Å². The molecule has 0 unspecified atom stereocenters. The third-order valence-corrected chi connectivity index (χ3v) is 7.18. The van der Waals surface area contributed by atoms with Gasteiger partial charge in [0.05, 0.1) is 5.41 Å². The average Bonchev–Trinajstić information content (AvgIpc) is 3.01. The lowest BCUT2D eigenvalue weighted by atomic mass is 9.78. The second kappa shape index (κ2) is 6.86. The van der Waals surface area contributed by atoms with E-state index in [0.717, 1.165) is 22.9 Å². The molecule has 6 nitrogen and oxygen atoms in total. The van der Waals surface area contributed by atoms with Crippen molar-refractivity contribution in [3.05, 3.63) is 35.4 Å². The highest BCUT2D eigenvalue weighted by atomic mass is 32.2. The third kappa shape index (κ3) is 3.35. The van der Waals surface area contributed by atoms with Crippen molar-refractivity contribution >= 4 is 16.1 Å².